The summed E-state index contributed by atoms with van der Waals surface area (Å²) in [6, 6.07) is 0. The molecule has 0 aliphatic heterocycles. The molecule has 1 atom stereocenters. The molecule has 0 aromatic heterocycles. The van der Waals surface area contributed by atoms with Crippen molar-refractivity contribution in [3.8, 4) is 0 Å². The maximum atomic E-state index is 9.90. The second-order valence-electron chi connectivity index (χ2n) is 1.48. The fraction of sp³-hybridized carbons (Fsp3) is 0.500. The molecule has 0 amide bonds. The summed E-state index contributed by atoms with van der Waals surface area (Å²) in [4.78, 5) is 19.4. The molecule has 0 fully saturated rings. The standard InChI is InChI=1S/C4H4O6S/c5-2-1-4(3-6)10-11(7,8)9/h4H,1H2,(H,7,8,9). The number of rotatable bonds is 5. The van der Waals surface area contributed by atoms with E-state index < -0.39 is 22.9 Å². The van der Waals surface area contributed by atoms with E-state index in [0.717, 1.165) is 6.29 Å². The van der Waals surface area contributed by atoms with Crippen molar-refractivity contribution in [1.29, 1.82) is 0 Å². The highest BCUT2D eigenvalue weighted by Gasteiger charge is 2.16. The molecule has 1 N–H and O–H groups in total. The zero-order chi connectivity index (χ0) is 8.91. The second-order valence-corrected chi connectivity index (χ2v) is 2.53. The Morgan fingerprint density at radius 2 is 2.00 bits per heavy atom. The molecule has 0 spiro atoms. The second kappa shape index (κ2) is 4.16. The molecule has 7 heteroatoms. The van der Waals surface area contributed by atoms with Crippen LogP contribution >= 0.6 is 0 Å². The highest BCUT2D eigenvalue weighted by molar-refractivity contribution is 7.80. The lowest BCUT2D eigenvalue weighted by Crippen LogP contribution is -2.19. The minimum Gasteiger partial charge on any atom is -0.291 e. The van der Waals surface area contributed by atoms with Crippen LogP contribution in [0, 0.1) is 0 Å². The fourth-order valence-electron chi connectivity index (χ4n) is 0.318. The van der Waals surface area contributed by atoms with Crippen LogP contribution in [0.25, 0.3) is 0 Å². The highest BCUT2D eigenvalue weighted by atomic mass is 32.3. The molecular formula is C4H4O6S. The summed E-state index contributed by atoms with van der Waals surface area (Å²) < 4.78 is 31.5. The van der Waals surface area contributed by atoms with Gasteiger partial charge in [0.15, 0.2) is 6.10 Å². The maximum absolute atomic E-state index is 9.90. The van der Waals surface area contributed by atoms with Gasteiger partial charge < -0.3 is 0 Å². The molecule has 0 aliphatic rings. The Hall–Kier alpha value is -0.790. The molecule has 0 saturated heterocycles. The van der Waals surface area contributed by atoms with Crippen LogP contribution in [-0.4, -0.2) is 31.6 Å². The molecule has 0 bridgehead atoms. The number of hydrogen-bond donors (Lipinski definition) is 1. The molecule has 6 nitrogen and oxygen atoms in total. The van der Waals surface area contributed by atoms with E-state index in [1.54, 1.807) is 0 Å². The van der Waals surface area contributed by atoms with Crippen LogP contribution in [0.4, 0.5) is 0 Å². The van der Waals surface area contributed by atoms with Crippen LogP contribution in [0.5, 0.6) is 0 Å². The first-order chi connectivity index (χ1) is 4.99. The third-order valence-electron chi connectivity index (χ3n) is 0.638. The summed E-state index contributed by atoms with van der Waals surface area (Å²) in [6.45, 7) is 0. The van der Waals surface area contributed by atoms with Gasteiger partial charge in [0.2, 0.25) is 12.6 Å². The van der Waals surface area contributed by atoms with Gasteiger partial charge >= 0.3 is 10.4 Å². The van der Waals surface area contributed by atoms with E-state index in [4.69, 9.17) is 4.55 Å². The Labute approximate surface area is 63.1 Å². The van der Waals surface area contributed by atoms with Crippen molar-refractivity contribution in [3.05, 3.63) is 0 Å². The first kappa shape index (κ1) is 10.2. The van der Waals surface area contributed by atoms with Gasteiger partial charge in [-0.2, -0.15) is 8.42 Å². The maximum Gasteiger partial charge on any atom is 0.398 e. The fourth-order valence-corrected chi connectivity index (χ4v) is 0.719. The van der Waals surface area contributed by atoms with E-state index in [0.29, 0.717) is 0 Å². The quantitative estimate of drug-likeness (QED) is 0.533. The normalized spacial score (nSPS) is 13.9. The Kier molecular flexibility index (Phi) is 3.86. The Balaban J connectivity index is 4.08. The van der Waals surface area contributed by atoms with Gasteiger partial charge in [0.05, 0.1) is 0 Å². The molecule has 0 aromatic rings. The van der Waals surface area contributed by atoms with Gasteiger partial charge in [0.25, 0.3) is 0 Å². The molecule has 0 saturated carbocycles. The predicted octanol–water partition coefficient (Wildman–Crippen LogP) is -1.22. The lowest BCUT2D eigenvalue weighted by Gasteiger charge is -2.01. The van der Waals surface area contributed by atoms with Gasteiger partial charge in [-0.15, -0.1) is 0 Å². The van der Waals surface area contributed by atoms with Gasteiger partial charge in [0, 0.05) is 6.42 Å². The molecule has 62 valence electrons. The largest absolute Gasteiger partial charge is 0.398 e. The zero-order valence-electron chi connectivity index (χ0n) is 5.18. The Morgan fingerprint density at radius 1 is 1.45 bits per heavy atom. The first-order valence-electron chi connectivity index (χ1n) is 2.38. The summed E-state index contributed by atoms with van der Waals surface area (Å²) in [5.41, 5.74) is 0. The average molecular weight is 180 g/mol. The Morgan fingerprint density at radius 3 is 2.27 bits per heavy atom. The molecule has 1 unspecified atom stereocenters. The van der Waals surface area contributed by atoms with E-state index in [1.807, 2.05) is 0 Å². The number of hydrogen-bond acceptors (Lipinski definition) is 5. The van der Waals surface area contributed by atoms with Gasteiger partial charge in [-0.25, -0.2) is 4.18 Å². The van der Waals surface area contributed by atoms with Crippen molar-refractivity contribution in [2.45, 2.75) is 12.5 Å². The van der Waals surface area contributed by atoms with E-state index in [2.05, 4.69) is 4.18 Å². The van der Waals surface area contributed by atoms with Crippen LogP contribution in [0.15, 0.2) is 0 Å². The molecular weight excluding hydrogens is 176 g/mol. The van der Waals surface area contributed by atoms with Gasteiger partial charge in [0.1, 0.15) is 0 Å². The van der Waals surface area contributed by atoms with Crippen LogP contribution in [0.2, 0.25) is 0 Å². The van der Waals surface area contributed by atoms with Crippen molar-refractivity contribution in [1.82, 2.24) is 0 Å². The molecule has 0 heterocycles. The van der Waals surface area contributed by atoms with Gasteiger partial charge in [-0.1, -0.05) is 0 Å². The van der Waals surface area contributed by atoms with Crippen LogP contribution < -0.4 is 0 Å². The van der Waals surface area contributed by atoms with Crippen molar-refractivity contribution in [3.63, 3.8) is 0 Å². The summed E-state index contributed by atoms with van der Waals surface area (Å²) >= 11 is 0. The van der Waals surface area contributed by atoms with E-state index in [-0.39, 0.29) is 0 Å². The lowest BCUT2D eigenvalue weighted by molar-refractivity contribution is 0.232. The van der Waals surface area contributed by atoms with Crippen molar-refractivity contribution < 1.29 is 26.7 Å². The molecule has 0 rings (SSSR count). The summed E-state index contributed by atoms with van der Waals surface area (Å²) in [5, 5.41) is 0. The topological polar surface area (TPSA) is 97.7 Å². The summed E-state index contributed by atoms with van der Waals surface area (Å²) in [6.07, 6.45) is 0.125. The lowest BCUT2D eigenvalue weighted by atomic mass is 10.3. The highest BCUT2D eigenvalue weighted by Crippen LogP contribution is 1.97. The summed E-state index contributed by atoms with van der Waals surface area (Å²) in [7, 11) is -4.70. The Bertz CT molecular complexity index is 229. The van der Waals surface area contributed by atoms with Crippen LogP contribution in [-0.2, 0) is 24.2 Å². The predicted molar refractivity (Wildman–Crippen MR) is 32.4 cm³/mol. The molecule has 11 heavy (non-hydrogen) atoms. The molecule has 2 radical (unpaired) electrons. The van der Waals surface area contributed by atoms with Gasteiger partial charge in [-0.05, 0) is 0 Å². The molecule has 0 aromatic carbocycles. The monoisotopic (exact) mass is 180 g/mol. The minimum atomic E-state index is -4.70. The first-order valence-corrected chi connectivity index (χ1v) is 3.74. The van der Waals surface area contributed by atoms with E-state index in [9.17, 15) is 18.0 Å². The number of carbonyl (C=O) groups excluding carboxylic acids is 2. The van der Waals surface area contributed by atoms with E-state index >= 15 is 0 Å². The third-order valence-corrected chi connectivity index (χ3v) is 1.11. The SMILES string of the molecule is O=[C]CC([C]=O)OS(=O)(=O)O. The average Bonchev–Trinajstić information content (AvgIpc) is 1.84. The zero-order valence-corrected chi connectivity index (χ0v) is 6.00. The van der Waals surface area contributed by atoms with Crippen molar-refractivity contribution >= 4 is 23.0 Å². The van der Waals surface area contributed by atoms with E-state index in [1.165, 1.54) is 6.29 Å². The van der Waals surface area contributed by atoms with Gasteiger partial charge in [-0.3, -0.25) is 14.1 Å². The third kappa shape index (κ3) is 5.64. The van der Waals surface area contributed by atoms with Crippen LogP contribution in [0.1, 0.15) is 6.42 Å². The van der Waals surface area contributed by atoms with Crippen molar-refractivity contribution in [2.24, 2.45) is 0 Å². The smallest absolute Gasteiger partial charge is 0.291 e. The van der Waals surface area contributed by atoms with Crippen molar-refractivity contribution in [2.75, 3.05) is 0 Å². The summed E-state index contributed by atoms with van der Waals surface area (Å²) in [5.74, 6) is 0. The minimum absolute atomic E-state index is 0.580. The van der Waals surface area contributed by atoms with Crippen LogP contribution in [0.3, 0.4) is 0 Å². The molecule has 0 aliphatic carbocycles.